The first-order chi connectivity index (χ1) is 13.4. The highest BCUT2D eigenvalue weighted by Gasteiger charge is 2.30. The van der Waals surface area contributed by atoms with Gasteiger partial charge in [0.2, 0.25) is 0 Å². The lowest BCUT2D eigenvalue weighted by atomic mass is 10.1. The van der Waals surface area contributed by atoms with E-state index >= 15 is 0 Å². The van der Waals surface area contributed by atoms with E-state index in [1.807, 2.05) is 25.1 Å². The van der Waals surface area contributed by atoms with Gasteiger partial charge in [0.25, 0.3) is 11.6 Å². The third-order valence-electron chi connectivity index (χ3n) is 5.28. The molecule has 1 aliphatic rings. The Labute approximate surface area is 169 Å². The van der Waals surface area contributed by atoms with E-state index in [4.69, 9.17) is 11.6 Å². The number of amides is 1. The normalized spacial score (nSPS) is 15.9. The largest absolute Gasteiger partial charge is 0.360 e. The van der Waals surface area contributed by atoms with Crippen molar-refractivity contribution in [2.45, 2.75) is 19.9 Å². The third kappa shape index (κ3) is 4.43. The summed E-state index contributed by atoms with van der Waals surface area (Å²) in [6, 6.07) is 11.8. The van der Waals surface area contributed by atoms with Gasteiger partial charge in [-0.15, -0.1) is 0 Å². The molecule has 1 saturated heterocycles. The number of nitrogens with zero attached hydrogens (tertiary/aromatic N) is 2. The Bertz CT molecular complexity index is 882. The molecule has 0 saturated carbocycles. The third-order valence-corrected chi connectivity index (χ3v) is 5.52. The fraction of sp³-hybridized carbons (Fsp3) is 0.350. The Morgan fingerprint density at radius 3 is 2.61 bits per heavy atom. The maximum absolute atomic E-state index is 12.7. The summed E-state index contributed by atoms with van der Waals surface area (Å²) < 4.78 is 0. The first-order valence-corrected chi connectivity index (χ1v) is 9.64. The SMILES string of the molecule is Cc1ccc(Cl)cc1N1CC[NH+]([C@@H](C)C(=O)Nc2ccccc2[N+](=O)[O-])CC1. The van der Waals surface area contributed by atoms with E-state index in [1.165, 1.54) is 11.6 Å². The van der Waals surface area contributed by atoms with Crippen molar-refractivity contribution in [2.24, 2.45) is 0 Å². The molecular weight excluding hydrogens is 380 g/mol. The minimum absolute atomic E-state index is 0.0979. The molecule has 28 heavy (non-hydrogen) atoms. The van der Waals surface area contributed by atoms with Crippen molar-refractivity contribution < 1.29 is 14.6 Å². The standard InChI is InChI=1S/C20H23ClN4O3/c1-14-7-8-16(21)13-19(14)24-11-9-23(10-12-24)15(2)20(26)22-17-5-3-4-6-18(17)25(27)28/h3-8,13,15H,9-12H2,1-2H3,(H,22,26)/p+1/t15-/m0/s1. The van der Waals surface area contributed by atoms with E-state index in [0.717, 1.165) is 36.8 Å². The molecule has 3 rings (SSSR count). The second kappa shape index (κ2) is 8.58. The van der Waals surface area contributed by atoms with E-state index in [0.29, 0.717) is 5.02 Å². The van der Waals surface area contributed by atoms with E-state index in [2.05, 4.69) is 17.1 Å². The number of hydrogen-bond acceptors (Lipinski definition) is 4. The molecule has 8 heteroatoms. The number of nitro benzene ring substituents is 1. The van der Waals surface area contributed by atoms with Gasteiger partial charge in [0, 0.05) is 16.8 Å². The van der Waals surface area contributed by atoms with E-state index in [-0.39, 0.29) is 23.3 Å². The Kier molecular flexibility index (Phi) is 6.16. The molecular formula is C20H24ClN4O3+. The molecule has 1 amide bonds. The average Bonchev–Trinajstić information content (AvgIpc) is 2.69. The summed E-state index contributed by atoms with van der Waals surface area (Å²) in [5, 5.41) is 14.6. The number of para-hydroxylation sites is 2. The number of halogens is 1. The zero-order valence-electron chi connectivity index (χ0n) is 15.9. The van der Waals surface area contributed by atoms with Gasteiger partial charge in [0.15, 0.2) is 6.04 Å². The predicted molar refractivity (Wildman–Crippen MR) is 110 cm³/mol. The predicted octanol–water partition coefficient (Wildman–Crippen LogP) is 2.29. The molecule has 148 valence electrons. The van der Waals surface area contributed by atoms with Gasteiger partial charge in [0.1, 0.15) is 5.69 Å². The van der Waals surface area contributed by atoms with Crippen molar-refractivity contribution in [2.75, 3.05) is 36.4 Å². The molecule has 0 bridgehead atoms. The fourth-order valence-corrected chi connectivity index (χ4v) is 3.72. The number of nitrogens with one attached hydrogen (secondary N) is 2. The van der Waals surface area contributed by atoms with Crippen LogP contribution in [0.2, 0.25) is 5.02 Å². The highest BCUT2D eigenvalue weighted by molar-refractivity contribution is 6.30. The average molecular weight is 404 g/mol. The number of piperazine rings is 1. The molecule has 0 radical (unpaired) electrons. The van der Waals surface area contributed by atoms with E-state index in [9.17, 15) is 14.9 Å². The van der Waals surface area contributed by atoms with E-state index in [1.54, 1.807) is 18.2 Å². The van der Waals surface area contributed by atoms with Crippen LogP contribution in [0, 0.1) is 17.0 Å². The molecule has 0 aromatic heterocycles. The Morgan fingerprint density at radius 1 is 1.25 bits per heavy atom. The maximum atomic E-state index is 12.7. The van der Waals surface area contributed by atoms with Crippen LogP contribution in [-0.4, -0.2) is 43.1 Å². The Morgan fingerprint density at radius 2 is 1.93 bits per heavy atom. The van der Waals surface area contributed by atoms with Gasteiger partial charge in [-0.25, -0.2) is 0 Å². The van der Waals surface area contributed by atoms with Gasteiger partial charge < -0.3 is 15.1 Å². The lowest BCUT2D eigenvalue weighted by molar-refractivity contribution is -0.914. The summed E-state index contributed by atoms with van der Waals surface area (Å²) in [6.45, 7) is 7.17. The summed E-state index contributed by atoms with van der Waals surface area (Å²) in [6.07, 6.45) is 0. The summed E-state index contributed by atoms with van der Waals surface area (Å²) >= 11 is 6.14. The first kappa shape index (κ1) is 20.1. The van der Waals surface area contributed by atoms with Crippen LogP contribution in [0.4, 0.5) is 17.1 Å². The molecule has 0 aliphatic carbocycles. The second-order valence-electron chi connectivity index (χ2n) is 7.06. The van der Waals surface area contributed by atoms with Crippen LogP contribution in [0.15, 0.2) is 42.5 Å². The highest BCUT2D eigenvalue weighted by Crippen LogP contribution is 2.25. The molecule has 1 atom stereocenters. The summed E-state index contributed by atoms with van der Waals surface area (Å²) in [4.78, 5) is 26.7. The molecule has 1 aliphatic heterocycles. The van der Waals surface area contributed by atoms with Gasteiger partial charge in [-0.3, -0.25) is 14.9 Å². The van der Waals surface area contributed by atoms with Crippen molar-refractivity contribution >= 4 is 34.6 Å². The first-order valence-electron chi connectivity index (χ1n) is 9.27. The zero-order valence-corrected chi connectivity index (χ0v) is 16.7. The maximum Gasteiger partial charge on any atom is 0.292 e. The van der Waals surface area contributed by atoms with Crippen LogP contribution in [0.25, 0.3) is 0 Å². The quantitative estimate of drug-likeness (QED) is 0.593. The van der Waals surface area contributed by atoms with Crippen molar-refractivity contribution in [1.82, 2.24) is 0 Å². The van der Waals surface area contributed by atoms with Crippen LogP contribution in [0.3, 0.4) is 0 Å². The van der Waals surface area contributed by atoms with Crippen LogP contribution >= 0.6 is 11.6 Å². The van der Waals surface area contributed by atoms with Gasteiger partial charge in [-0.2, -0.15) is 0 Å². The number of quaternary nitrogens is 1. The molecule has 7 nitrogen and oxygen atoms in total. The van der Waals surface area contributed by atoms with Crippen molar-refractivity contribution in [3.05, 3.63) is 63.2 Å². The van der Waals surface area contributed by atoms with Gasteiger partial charge in [-0.1, -0.05) is 29.8 Å². The molecule has 1 fully saturated rings. The van der Waals surface area contributed by atoms with Crippen LogP contribution in [-0.2, 0) is 4.79 Å². The number of aryl methyl sites for hydroxylation is 1. The number of carbonyl (C=O) groups is 1. The number of benzene rings is 2. The number of hydrogen-bond donors (Lipinski definition) is 2. The lowest BCUT2D eigenvalue weighted by Gasteiger charge is -2.36. The minimum Gasteiger partial charge on any atom is -0.360 e. The van der Waals surface area contributed by atoms with Crippen molar-refractivity contribution in [3.63, 3.8) is 0 Å². The zero-order chi connectivity index (χ0) is 20.3. The molecule has 1 heterocycles. The summed E-state index contributed by atoms with van der Waals surface area (Å²) in [5.74, 6) is -0.211. The summed E-state index contributed by atoms with van der Waals surface area (Å²) in [5.41, 5.74) is 2.44. The Balaban J connectivity index is 1.62. The molecule has 0 spiro atoms. The molecule has 2 aromatic carbocycles. The molecule has 2 N–H and O–H groups in total. The number of nitro groups is 1. The highest BCUT2D eigenvalue weighted by atomic mass is 35.5. The molecule has 2 aromatic rings. The van der Waals surface area contributed by atoms with Crippen molar-refractivity contribution in [3.8, 4) is 0 Å². The van der Waals surface area contributed by atoms with Gasteiger partial charge >= 0.3 is 0 Å². The lowest BCUT2D eigenvalue weighted by Crippen LogP contribution is -3.19. The number of anilines is 2. The second-order valence-corrected chi connectivity index (χ2v) is 7.50. The topological polar surface area (TPSA) is 79.9 Å². The molecule has 0 unspecified atom stereocenters. The van der Waals surface area contributed by atoms with Crippen LogP contribution in [0.5, 0.6) is 0 Å². The van der Waals surface area contributed by atoms with Gasteiger partial charge in [-0.05, 0) is 37.6 Å². The Hall–Kier alpha value is -2.64. The van der Waals surface area contributed by atoms with Gasteiger partial charge in [0.05, 0.1) is 31.1 Å². The summed E-state index contributed by atoms with van der Waals surface area (Å²) in [7, 11) is 0. The smallest absolute Gasteiger partial charge is 0.292 e. The van der Waals surface area contributed by atoms with Crippen LogP contribution in [0.1, 0.15) is 12.5 Å². The minimum atomic E-state index is -0.487. The number of rotatable bonds is 5. The monoisotopic (exact) mass is 403 g/mol. The number of carbonyl (C=O) groups excluding carboxylic acids is 1. The van der Waals surface area contributed by atoms with Crippen molar-refractivity contribution in [1.29, 1.82) is 0 Å². The fourth-order valence-electron chi connectivity index (χ4n) is 3.56. The van der Waals surface area contributed by atoms with Crippen LogP contribution < -0.4 is 15.1 Å². The van der Waals surface area contributed by atoms with E-state index < -0.39 is 4.92 Å².